The van der Waals surface area contributed by atoms with E-state index < -0.39 is 0 Å². The second-order valence-corrected chi connectivity index (χ2v) is 4.38. The lowest BCUT2D eigenvalue weighted by Gasteiger charge is -2.00. The third-order valence-corrected chi connectivity index (χ3v) is 2.92. The largest absolute Gasteiger partial charge is 0.385 e. The fourth-order valence-electron chi connectivity index (χ4n) is 0.951. The van der Waals surface area contributed by atoms with Crippen LogP contribution in [0.5, 0.6) is 0 Å². The summed E-state index contributed by atoms with van der Waals surface area (Å²) in [6, 6.07) is 0. The Morgan fingerprint density at radius 1 is 1.43 bits per heavy atom. The van der Waals surface area contributed by atoms with Gasteiger partial charge in [0.05, 0.1) is 0 Å². The fourth-order valence-corrected chi connectivity index (χ4v) is 1.72. The molecule has 0 aromatic carbocycles. The van der Waals surface area contributed by atoms with E-state index in [9.17, 15) is 0 Å². The summed E-state index contributed by atoms with van der Waals surface area (Å²) in [6.07, 6.45) is 0.993. The molecule has 1 aromatic rings. The van der Waals surface area contributed by atoms with E-state index in [1.54, 1.807) is 18.4 Å². The van der Waals surface area contributed by atoms with Crippen molar-refractivity contribution in [1.82, 2.24) is 10.2 Å². The van der Waals surface area contributed by atoms with Gasteiger partial charge in [-0.25, -0.2) is 0 Å². The molecule has 4 nitrogen and oxygen atoms in total. The Labute approximate surface area is 88.7 Å². The predicted molar refractivity (Wildman–Crippen MR) is 59.0 cm³/mol. The normalized spacial score (nSPS) is 10.9. The van der Waals surface area contributed by atoms with E-state index in [1.165, 1.54) is 0 Å². The summed E-state index contributed by atoms with van der Waals surface area (Å²) in [6.45, 7) is 5.91. The fraction of sp³-hybridized carbons (Fsp3) is 0.778. The molecular weight excluding hydrogens is 198 g/mol. The molecule has 1 rings (SSSR count). The van der Waals surface area contributed by atoms with E-state index >= 15 is 0 Å². The molecule has 80 valence electrons. The molecule has 1 N–H and O–H groups in total. The molecule has 0 unspecified atom stereocenters. The van der Waals surface area contributed by atoms with E-state index in [-0.39, 0.29) is 0 Å². The molecule has 0 aliphatic carbocycles. The Bertz CT molecular complexity index is 262. The molecule has 0 radical (unpaired) electrons. The van der Waals surface area contributed by atoms with Crippen LogP contribution in [0, 0.1) is 0 Å². The zero-order valence-electron chi connectivity index (χ0n) is 8.91. The van der Waals surface area contributed by atoms with Gasteiger partial charge in [-0.15, -0.1) is 10.2 Å². The maximum Gasteiger partial charge on any atom is 0.205 e. The van der Waals surface area contributed by atoms with Crippen molar-refractivity contribution in [1.29, 1.82) is 0 Å². The van der Waals surface area contributed by atoms with Crippen LogP contribution >= 0.6 is 11.3 Å². The van der Waals surface area contributed by atoms with Crippen LogP contribution in [0.15, 0.2) is 0 Å². The number of methoxy groups -OCH3 is 1. The number of nitrogens with zero attached hydrogens (tertiary/aromatic N) is 2. The first kappa shape index (κ1) is 11.4. The number of anilines is 1. The molecular formula is C9H17N3OS. The standard InChI is InChI=1S/C9H17N3OS/c1-7(2)8-11-12-9(14-8)10-5-4-6-13-3/h7H,4-6H2,1-3H3,(H,10,12). The molecule has 0 aliphatic heterocycles. The highest BCUT2D eigenvalue weighted by Gasteiger charge is 2.06. The van der Waals surface area contributed by atoms with Gasteiger partial charge in [-0.1, -0.05) is 25.2 Å². The van der Waals surface area contributed by atoms with Gasteiger partial charge in [0, 0.05) is 26.2 Å². The van der Waals surface area contributed by atoms with E-state index in [0.717, 1.165) is 29.7 Å². The van der Waals surface area contributed by atoms with Crippen molar-refractivity contribution in [2.45, 2.75) is 26.2 Å². The van der Waals surface area contributed by atoms with Crippen molar-refractivity contribution in [2.24, 2.45) is 0 Å². The highest BCUT2D eigenvalue weighted by atomic mass is 32.1. The van der Waals surface area contributed by atoms with Crippen molar-refractivity contribution < 1.29 is 4.74 Å². The smallest absolute Gasteiger partial charge is 0.205 e. The van der Waals surface area contributed by atoms with Gasteiger partial charge in [0.15, 0.2) is 0 Å². The van der Waals surface area contributed by atoms with Crippen LogP contribution in [0.3, 0.4) is 0 Å². The van der Waals surface area contributed by atoms with Gasteiger partial charge in [-0.05, 0) is 6.42 Å². The number of ether oxygens (including phenoxy) is 1. The van der Waals surface area contributed by atoms with Crippen molar-refractivity contribution >= 4 is 16.5 Å². The molecule has 0 bridgehead atoms. The van der Waals surface area contributed by atoms with Crippen LogP contribution in [-0.4, -0.2) is 30.5 Å². The molecule has 1 aromatic heterocycles. The lowest BCUT2D eigenvalue weighted by atomic mass is 10.2. The zero-order chi connectivity index (χ0) is 10.4. The van der Waals surface area contributed by atoms with Crippen LogP contribution in [0.1, 0.15) is 31.2 Å². The molecule has 0 amide bonds. The predicted octanol–water partition coefficient (Wildman–Crippen LogP) is 2.11. The van der Waals surface area contributed by atoms with Crippen LogP contribution in [0.2, 0.25) is 0 Å². The SMILES string of the molecule is COCCCNc1nnc(C(C)C)s1. The average Bonchev–Trinajstić information content (AvgIpc) is 2.61. The van der Waals surface area contributed by atoms with E-state index in [4.69, 9.17) is 4.74 Å². The molecule has 0 aliphatic rings. The number of nitrogens with one attached hydrogen (secondary N) is 1. The van der Waals surface area contributed by atoms with Crippen LogP contribution in [-0.2, 0) is 4.74 Å². The topological polar surface area (TPSA) is 47.0 Å². The van der Waals surface area contributed by atoms with Crippen LogP contribution in [0.4, 0.5) is 5.13 Å². The first-order valence-corrected chi connectivity index (χ1v) is 5.62. The summed E-state index contributed by atoms with van der Waals surface area (Å²) >= 11 is 1.62. The summed E-state index contributed by atoms with van der Waals surface area (Å²) in [5.74, 6) is 0.460. The monoisotopic (exact) mass is 215 g/mol. The van der Waals surface area contributed by atoms with Crippen LogP contribution < -0.4 is 5.32 Å². The lowest BCUT2D eigenvalue weighted by molar-refractivity contribution is 0.198. The Kier molecular flexibility index (Phi) is 4.82. The zero-order valence-corrected chi connectivity index (χ0v) is 9.73. The van der Waals surface area contributed by atoms with Crippen molar-refractivity contribution in [3.63, 3.8) is 0 Å². The summed E-state index contributed by atoms with van der Waals surface area (Å²) in [7, 11) is 1.71. The maximum atomic E-state index is 4.95. The van der Waals surface area contributed by atoms with Crippen molar-refractivity contribution in [2.75, 3.05) is 25.6 Å². The number of hydrogen-bond acceptors (Lipinski definition) is 5. The maximum absolute atomic E-state index is 4.95. The van der Waals surface area contributed by atoms with Gasteiger partial charge < -0.3 is 10.1 Å². The van der Waals surface area contributed by atoms with Crippen LogP contribution in [0.25, 0.3) is 0 Å². The summed E-state index contributed by atoms with van der Waals surface area (Å²) in [5.41, 5.74) is 0. The Balaban J connectivity index is 2.29. The highest BCUT2D eigenvalue weighted by Crippen LogP contribution is 2.21. The number of hydrogen-bond donors (Lipinski definition) is 1. The molecule has 0 atom stereocenters. The molecule has 1 heterocycles. The Morgan fingerprint density at radius 2 is 2.21 bits per heavy atom. The number of aromatic nitrogens is 2. The average molecular weight is 215 g/mol. The van der Waals surface area contributed by atoms with Gasteiger partial charge >= 0.3 is 0 Å². The van der Waals surface area contributed by atoms with E-state index in [0.29, 0.717) is 5.92 Å². The third-order valence-electron chi connectivity index (χ3n) is 1.74. The third kappa shape index (κ3) is 3.59. The van der Waals surface area contributed by atoms with Gasteiger partial charge in [0.25, 0.3) is 0 Å². The van der Waals surface area contributed by atoms with E-state index in [2.05, 4.69) is 29.4 Å². The Morgan fingerprint density at radius 3 is 2.79 bits per heavy atom. The summed E-state index contributed by atoms with van der Waals surface area (Å²) in [5, 5.41) is 13.4. The second kappa shape index (κ2) is 5.93. The van der Waals surface area contributed by atoms with Crippen molar-refractivity contribution in [3.05, 3.63) is 5.01 Å². The molecule has 0 spiro atoms. The molecule has 0 fully saturated rings. The lowest BCUT2D eigenvalue weighted by Crippen LogP contribution is -2.04. The first-order valence-electron chi connectivity index (χ1n) is 4.80. The minimum absolute atomic E-state index is 0.460. The van der Waals surface area contributed by atoms with Crippen molar-refractivity contribution in [3.8, 4) is 0 Å². The van der Waals surface area contributed by atoms with Gasteiger partial charge in [-0.3, -0.25) is 0 Å². The minimum atomic E-state index is 0.460. The quantitative estimate of drug-likeness (QED) is 0.738. The molecule has 0 saturated heterocycles. The molecule has 0 saturated carbocycles. The first-order chi connectivity index (χ1) is 6.74. The number of rotatable bonds is 6. The minimum Gasteiger partial charge on any atom is -0.385 e. The van der Waals surface area contributed by atoms with Gasteiger partial charge in [0.2, 0.25) is 5.13 Å². The van der Waals surface area contributed by atoms with Gasteiger partial charge in [-0.2, -0.15) is 0 Å². The Hall–Kier alpha value is -0.680. The second-order valence-electron chi connectivity index (χ2n) is 3.37. The molecule has 14 heavy (non-hydrogen) atoms. The van der Waals surface area contributed by atoms with Gasteiger partial charge in [0.1, 0.15) is 5.01 Å². The summed E-state index contributed by atoms with van der Waals surface area (Å²) in [4.78, 5) is 0. The summed E-state index contributed by atoms with van der Waals surface area (Å²) < 4.78 is 4.95. The highest BCUT2D eigenvalue weighted by molar-refractivity contribution is 7.15. The van der Waals surface area contributed by atoms with E-state index in [1.807, 2.05) is 0 Å². The molecule has 5 heteroatoms.